The van der Waals surface area contributed by atoms with Crippen LogP contribution in [0, 0.1) is 11.2 Å². The van der Waals surface area contributed by atoms with Crippen molar-refractivity contribution in [3.63, 3.8) is 0 Å². The van der Waals surface area contributed by atoms with Gasteiger partial charge in [0.15, 0.2) is 0 Å². The molecule has 8 nitrogen and oxygen atoms in total. The number of anilines is 2. The third-order valence-corrected chi connectivity index (χ3v) is 9.29. The van der Waals surface area contributed by atoms with Crippen LogP contribution in [0.15, 0.2) is 54.6 Å². The first kappa shape index (κ1) is 28.8. The van der Waals surface area contributed by atoms with Gasteiger partial charge in [0, 0.05) is 11.8 Å². The number of rotatable bonds is 6. The van der Waals surface area contributed by atoms with Crippen molar-refractivity contribution in [1.82, 2.24) is 4.98 Å². The molecule has 1 aromatic heterocycles. The van der Waals surface area contributed by atoms with E-state index >= 15 is 4.39 Å². The van der Waals surface area contributed by atoms with Crippen LogP contribution in [0.2, 0.25) is 0 Å². The van der Waals surface area contributed by atoms with Gasteiger partial charge in [0.25, 0.3) is 0 Å². The van der Waals surface area contributed by atoms with E-state index in [1.807, 2.05) is 44.2 Å². The second kappa shape index (κ2) is 11.1. The van der Waals surface area contributed by atoms with E-state index in [9.17, 15) is 14.4 Å². The lowest BCUT2D eigenvalue weighted by molar-refractivity contribution is -0.172. The van der Waals surface area contributed by atoms with E-state index in [2.05, 4.69) is 10.3 Å². The average molecular weight is 586 g/mol. The fourth-order valence-electron chi connectivity index (χ4n) is 6.79. The minimum absolute atomic E-state index is 0.200. The van der Waals surface area contributed by atoms with E-state index in [4.69, 9.17) is 9.47 Å². The molecule has 3 aromatic rings. The smallest absolute Gasteiger partial charge is 0.336 e. The molecule has 2 aliphatic carbocycles. The molecule has 2 amide bonds. The molecule has 0 bridgehead atoms. The zero-order valence-electron chi connectivity index (χ0n) is 24.7. The van der Waals surface area contributed by atoms with Gasteiger partial charge in [-0.25, -0.2) is 19.0 Å². The topological polar surface area (TPSA) is 97.8 Å². The summed E-state index contributed by atoms with van der Waals surface area (Å²) in [5.74, 6) is -1.34. The Balaban J connectivity index is 1.26. The highest BCUT2D eigenvalue weighted by Gasteiger charge is 2.48. The molecule has 1 aliphatic heterocycles. The van der Waals surface area contributed by atoms with Crippen LogP contribution in [0.1, 0.15) is 68.3 Å². The number of nitrogens with zero attached hydrogens (tertiary/aromatic N) is 2. The average Bonchev–Trinajstić information content (AvgIpc) is 3.28. The Bertz CT molecular complexity index is 1580. The number of carbonyl (C=O) groups is 3. The van der Waals surface area contributed by atoms with Gasteiger partial charge in [-0.3, -0.25) is 9.69 Å². The molecular formula is C34H36FN3O5. The molecule has 6 rings (SSSR count). The van der Waals surface area contributed by atoms with Crippen LogP contribution >= 0.6 is 0 Å². The number of urea groups is 1. The van der Waals surface area contributed by atoms with Crippen molar-refractivity contribution in [2.45, 2.75) is 76.7 Å². The van der Waals surface area contributed by atoms with Gasteiger partial charge in [0.1, 0.15) is 11.9 Å². The standard InChI is InChI=1S/C34H36FN3O5/c1-33(2)17-14-22-18-23(19-24(35)29(22)33)36-32(41)38-26-12-13-28(42-3)37-25(26)10-11-27(38)30(39)43-31(40)34(15-7-16-34)20-21-8-5-4-6-9-21/h4-6,8-9,12-13,18-19,27H,7,10-11,14-17,20H2,1-3H3,(H,36,41). The minimum Gasteiger partial charge on any atom is -0.481 e. The summed E-state index contributed by atoms with van der Waals surface area (Å²) in [7, 11) is 1.50. The second-order valence-corrected chi connectivity index (χ2v) is 12.6. The summed E-state index contributed by atoms with van der Waals surface area (Å²) in [5, 5.41) is 2.80. The highest BCUT2D eigenvalue weighted by molar-refractivity contribution is 6.07. The fourth-order valence-corrected chi connectivity index (χ4v) is 6.79. The van der Waals surface area contributed by atoms with Crippen LogP contribution in [-0.2, 0) is 39.0 Å². The Kier molecular flexibility index (Phi) is 7.44. The Labute approximate surface area is 250 Å². The number of methoxy groups -OCH3 is 1. The number of ether oxygens (including phenoxy) is 2. The number of esters is 2. The summed E-state index contributed by atoms with van der Waals surface area (Å²) in [6.45, 7) is 4.02. The van der Waals surface area contributed by atoms with Crippen LogP contribution in [0.5, 0.6) is 5.88 Å². The third-order valence-electron chi connectivity index (χ3n) is 9.29. The summed E-state index contributed by atoms with van der Waals surface area (Å²) in [6.07, 6.45) is 4.74. The molecule has 1 saturated carbocycles. The Morgan fingerprint density at radius 1 is 1.05 bits per heavy atom. The van der Waals surface area contributed by atoms with Gasteiger partial charge in [-0.05, 0) is 85.3 Å². The van der Waals surface area contributed by atoms with Crippen molar-refractivity contribution >= 4 is 29.3 Å². The van der Waals surface area contributed by atoms with Crippen LogP contribution < -0.4 is 15.0 Å². The van der Waals surface area contributed by atoms with E-state index in [0.717, 1.165) is 24.0 Å². The molecule has 1 N–H and O–H groups in total. The van der Waals surface area contributed by atoms with Crippen molar-refractivity contribution < 1.29 is 28.2 Å². The lowest BCUT2D eigenvalue weighted by atomic mass is 9.65. The predicted molar refractivity (Wildman–Crippen MR) is 160 cm³/mol. The number of halogens is 1. The summed E-state index contributed by atoms with van der Waals surface area (Å²) < 4.78 is 26.0. The molecule has 43 heavy (non-hydrogen) atoms. The number of hydrogen-bond donors (Lipinski definition) is 1. The number of benzene rings is 2. The molecule has 9 heteroatoms. The molecule has 2 heterocycles. The highest BCUT2D eigenvalue weighted by atomic mass is 19.1. The SMILES string of the molecule is COc1ccc2c(n1)CCC(C(=O)OC(=O)C1(Cc3ccccc3)CCC1)N2C(=O)Nc1cc(F)c2c(c1)CCC2(C)C. The first-order valence-electron chi connectivity index (χ1n) is 14.9. The van der Waals surface area contributed by atoms with Gasteiger partial charge < -0.3 is 14.8 Å². The van der Waals surface area contributed by atoms with Crippen LogP contribution in [-0.4, -0.2) is 36.1 Å². The summed E-state index contributed by atoms with van der Waals surface area (Å²) in [4.78, 5) is 46.8. The fraction of sp³-hybridized carbons (Fsp3) is 0.412. The maximum Gasteiger partial charge on any atom is 0.336 e. The van der Waals surface area contributed by atoms with E-state index in [1.54, 1.807) is 18.2 Å². The molecule has 1 fully saturated rings. The second-order valence-electron chi connectivity index (χ2n) is 12.6. The van der Waals surface area contributed by atoms with Crippen molar-refractivity contribution in [2.24, 2.45) is 5.41 Å². The van der Waals surface area contributed by atoms with Gasteiger partial charge in [-0.1, -0.05) is 50.6 Å². The summed E-state index contributed by atoms with van der Waals surface area (Å²) in [5.41, 5.74) is 2.77. The van der Waals surface area contributed by atoms with Gasteiger partial charge in [0.05, 0.1) is 23.9 Å². The van der Waals surface area contributed by atoms with Crippen molar-refractivity contribution in [1.29, 1.82) is 0 Å². The number of nitrogens with one attached hydrogen (secondary N) is 1. The number of fused-ring (bicyclic) bond motifs is 2. The molecule has 0 radical (unpaired) electrons. The molecule has 1 unspecified atom stereocenters. The molecule has 1 atom stereocenters. The predicted octanol–water partition coefficient (Wildman–Crippen LogP) is 6.29. The first-order valence-corrected chi connectivity index (χ1v) is 14.9. The van der Waals surface area contributed by atoms with Crippen molar-refractivity contribution in [3.05, 3.63) is 82.8 Å². The molecule has 0 spiro atoms. The molecule has 2 aromatic carbocycles. The Hall–Kier alpha value is -4.27. The van der Waals surface area contributed by atoms with E-state index in [-0.39, 0.29) is 17.7 Å². The maximum atomic E-state index is 15.2. The highest BCUT2D eigenvalue weighted by Crippen LogP contribution is 2.45. The zero-order chi connectivity index (χ0) is 30.4. The first-order chi connectivity index (χ1) is 20.6. The van der Waals surface area contributed by atoms with Gasteiger partial charge in [-0.2, -0.15) is 0 Å². The molecule has 0 saturated heterocycles. The van der Waals surface area contributed by atoms with Gasteiger partial charge in [0.2, 0.25) is 5.88 Å². The number of aryl methyl sites for hydroxylation is 2. The van der Waals surface area contributed by atoms with Crippen molar-refractivity contribution in [2.75, 3.05) is 17.3 Å². The lowest BCUT2D eigenvalue weighted by Crippen LogP contribution is -2.52. The number of hydrogen-bond acceptors (Lipinski definition) is 6. The largest absolute Gasteiger partial charge is 0.481 e. The number of aromatic nitrogens is 1. The quantitative estimate of drug-likeness (QED) is 0.270. The van der Waals surface area contributed by atoms with Crippen LogP contribution in [0.25, 0.3) is 0 Å². The number of pyridine rings is 1. The Morgan fingerprint density at radius 3 is 2.51 bits per heavy atom. The van der Waals surface area contributed by atoms with E-state index < -0.39 is 29.4 Å². The minimum atomic E-state index is -1.07. The number of amides is 2. The maximum absolute atomic E-state index is 15.2. The summed E-state index contributed by atoms with van der Waals surface area (Å²) >= 11 is 0. The molecular weight excluding hydrogens is 549 g/mol. The molecule has 224 valence electrons. The number of carbonyl (C=O) groups excluding carboxylic acids is 3. The van der Waals surface area contributed by atoms with Crippen molar-refractivity contribution in [3.8, 4) is 5.88 Å². The third kappa shape index (κ3) is 5.37. The van der Waals surface area contributed by atoms with Gasteiger partial charge in [-0.15, -0.1) is 0 Å². The van der Waals surface area contributed by atoms with Gasteiger partial charge >= 0.3 is 18.0 Å². The summed E-state index contributed by atoms with van der Waals surface area (Å²) in [6, 6.07) is 14.4. The van der Waals surface area contributed by atoms with Crippen LogP contribution in [0.3, 0.4) is 0 Å². The van der Waals surface area contributed by atoms with E-state index in [0.29, 0.717) is 60.6 Å². The van der Waals surface area contributed by atoms with Crippen LogP contribution in [0.4, 0.5) is 20.6 Å². The monoisotopic (exact) mass is 585 g/mol. The normalized spacial score (nSPS) is 19.4. The Morgan fingerprint density at radius 2 is 1.81 bits per heavy atom. The van der Waals surface area contributed by atoms with E-state index in [1.165, 1.54) is 18.1 Å². The molecule has 3 aliphatic rings. The zero-order valence-corrected chi connectivity index (χ0v) is 24.7. The lowest BCUT2D eigenvalue weighted by Gasteiger charge is -2.40.